The van der Waals surface area contributed by atoms with Gasteiger partial charge >= 0.3 is 0 Å². The largest absolute Gasteiger partial charge is 0.496 e. The van der Waals surface area contributed by atoms with Gasteiger partial charge in [0.1, 0.15) is 5.75 Å². The number of hydrogen-bond acceptors (Lipinski definition) is 3. The van der Waals surface area contributed by atoms with Gasteiger partial charge in [0.2, 0.25) is 0 Å². The summed E-state index contributed by atoms with van der Waals surface area (Å²) < 4.78 is 5.56. The number of nitrogens with zero attached hydrogens (tertiary/aromatic N) is 1. The number of hydrogen-bond donors (Lipinski definition) is 1. The number of ether oxygens (including phenoxy) is 1. The van der Waals surface area contributed by atoms with E-state index >= 15 is 0 Å². The molecule has 1 fully saturated rings. The first-order chi connectivity index (χ1) is 9.78. The summed E-state index contributed by atoms with van der Waals surface area (Å²) in [5.41, 5.74) is 7.37. The lowest BCUT2D eigenvalue weighted by Gasteiger charge is -2.31. The average Bonchev–Trinajstić information content (AvgIpc) is 2.48. The Balaban J connectivity index is 0.00000161. The zero-order valence-corrected chi connectivity index (χ0v) is 13.2. The molecule has 3 rings (SSSR count). The Morgan fingerprint density at radius 2 is 2.05 bits per heavy atom. The normalized spacial score (nSPS) is 19.2. The number of fused-ring (bicyclic) bond motifs is 1. The van der Waals surface area contributed by atoms with Gasteiger partial charge < -0.3 is 10.5 Å². The second-order valence-electron chi connectivity index (χ2n) is 5.60. The summed E-state index contributed by atoms with van der Waals surface area (Å²) in [7, 11) is 1.75. The van der Waals surface area contributed by atoms with E-state index in [9.17, 15) is 0 Å². The minimum absolute atomic E-state index is 0. The van der Waals surface area contributed by atoms with Gasteiger partial charge in [-0.15, -0.1) is 12.4 Å². The molecule has 3 nitrogen and oxygen atoms in total. The molecule has 0 bridgehead atoms. The quantitative estimate of drug-likeness (QED) is 0.946. The molecule has 1 heterocycles. The van der Waals surface area contributed by atoms with Crippen LogP contribution in [-0.4, -0.2) is 31.1 Å². The first-order valence-corrected chi connectivity index (χ1v) is 7.30. The Morgan fingerprint density at radius 3 is 2.81 bits per heavy atom. The molecule has 2 aromatic rings. The van der Waals surface area contributed by atoms with Crippen LogP contribution >= 0.6 is 12.4 Å². The highest BCUT2D eigenvalue weighted by Crippen LogP contribution is 2.29. The van der Waals surface area contributed by atoms with Gasteiger partial charge in [-0.2, -0.15) is 0 Å². The molecule has 0 aromatic heterocycles. The lowest BCUT2D eigenvalue weighted by atomic mass is 10.0. The number of rotatable bonds is 3. The van der Waals surface area contributed by atoms with Crippen molar-refractivity contribution in [2.24, 2.45) is 5.73 Å². The van der Waals surface area contributed by atoms with Crippen molar-refractivity contribution in [1.29, 1.82) is 0 Å². The number of benzene rings is 2. The molecule has 1 atom stereocenters. The van der Waals surface area contributed by atoms with Crippen LogP contribution < -0.4 is 10.5 Å². The van der Waals surface area contributed by atoms with Crippen molar-refractivity contribution in [3.05, 3.63) is 42.0 Å². The second-order valence-corrected chi connectivity index (χ2v) is 5.60. The number of piperidine rings is 1. The maximum Gasteiger partial charge on any atom is 0.123 e. The topological polar surface area (TPSA) is 38.5 Å². The summed E-state index contributed by atoms with van der Waals surface area (Å²) in [5, 5.41) is 2.55. The van der Waals surface area contributed by atoms with Crippen molar-refractivity contribution >= 4 is 23.2 Å². The summed E-state index contributed by atoms with van der Waals surface area (Å²) in [6.07, 6.45) is 2.33. The van der Waals surface area contributed by atoms with Crippen LogP contribution in [0.2, 0.25) is 0 Å². The van der Waals surface area contributed by atoms with E-state index in [1.54, 1.807) is 7.11 Å². The van der Waals surface area contributed by atoms with Crippen LogP contribution in [0, 0.1) is 0 Å². The summed E-state index contributed by atoms with van der Waals surface area (Å²) in [6.45, 7) is 3.02. The standard InChI is InChI=1S/C17H22N2O.ClH/c1-20-17-9-8-13-5-2-3-7-15(13)16(17)12-19-10-4-6-14(18)11-19;/h2-3,5,7-9,14H,4,6,10-12,18H2,1H3;1H. The van der Waals surface area contributed by atoms with Crippen LogP contribution in [-0.2, 0) is 6.54 Å². The van der Waals surface area contributed by atoms with Crippen LogP contribution in [0.4, 0.5) is 0 Å². The first-order valence-electron chi connectivity index (χ1n) is 7.30. The zero-order chi connectivity index (χ0) is 13.9. The van der Waals surface area contributed by atoms with Gasteiger partial charge in [0.25, 0.3) is 0 Å². The number of nitrogens with two attached hydrogens (primary N) is 1. The monoisotopic (exact) mass is 306 g/mol. The fourth-order valence-electron chi connectivity index (χ4n) is 3.13. The Bertz CT molecular complexity index is 602. The Hall–Kier alpha value is -1.29. The highest BCUT2D eigenvalue weighted by atomic mass is 35.5. The molecular weight excluding hydrogens is 284 g/mol. The molecule has 0 saturated carbocycles. The lowest BCUT2D eigenvalue weighted by Crippen LogP contribution is -2.42. The highest BCUT2D eigenvalue weighted by Gasteiger charge is 2.19. The summed E-state index contributed by atoms with van der Waals surface area (Å²) in [6, 6.07) is 13.0. The van der Waals surface area contributed by atoms with Crippen LogP contribution in [0.3, 0.4) is 0 Å². The van der Waals surface area contributed by atoms with Gasteiger partial charge in [0.05, 0.1) is 7.11 Å². The molecule has 2 aromatic carbocycles. The SMILES string of the molecule is COc1ccc2ccccc2c1CN1CCCC(N)C1.Cl. The van der Waals surface area contributed by atoms with Crippen molar-refractivity contribution in [1.82, 2.24) is 4.90 Å². The van der Waals surface area contributed by atoms with Crippen molar-refractivity contribution in [2.45, 2.75) is 25.4 Å². The third kappa shape index (κ3) is 3.49. The molecule has 21 heavy (non-hydrogen) atoms. The van der Waals surface area contributed by atoms with E-state index in [2.05, 4.69) is 41.3 Å². The van der Waals surface area contributed by atoms with E-state index in [1.807, 2.05) is 0 Å². The van der Waals surface area contributed by atoms with Gasteiger partial charge in [-0.3, -0.25) is 4.90 Å². The smallest absolute Gasteiger partial charge is 0.123 e. The van der Waals surface area contributed by atoms with E-state index in [1.165, 1.54) is 22.8 Å². The highest BCUT2D eigenvalue weighted by molar-refractivity contribution is 5.87. The van der Waals surface area contributed by atoms with Crippen LogP contribution in [0.5, 0.6) is 5.75 Å². The van der Waals surface area contributed by atoms with E-state index in [0.29, 0.717) is 6.04 Å². The molecule has 0 spiro atoms. The molecule has 1 unspecified atom stereocenters. The number of halogens is 1. The summed E-state index contributed by atoms with van der Waals surface area (Å²) >= 11 is 0. The van der Waals surface area contributed by atoms with Crippen molar-refractivity contribution in [3.8, 4) is 5.75 Å². The number of methoxy groups -OCH3 is 1. The van der Waals surface area contributed by atoms with Crippen LogP contribution in [0.15, 0.2) is 36.4 Å². The van der Waals surface area contributed by atoms with Crippen molar-refractivity contribution < 1.29 is 4.74 Å². The Labute approximate surface area is 132 Å². The third-order valence-electron chi connectivity index (χ3n) is 4.14. The molecule has 0 radical (unpaired) electrons. The molecule has 1 aliphatic rings. The Kier molecular flexibility index (Phi) is 5.45. The minimum Gasteiger partial charge on any atom is -0.496 e. The summed E-state index contributed by atoms with van der Waals surface area (Å²) in [5.74, 6) is 0.975. The predicted molar refractivity (Wildman–Crippen MR) is 90.2 cm³/mol. The molecule has 114 valence electrons. The zero-order valence-electron chi connectivity index (χ0n) is 12.4. The van der Waals surface area contributed by atoms with Gasteiger partial charge in [-0.1, -0.05) is 30.3 Å². The molecule has 0 aliphatic carbocycles. The van der Waals surface area contributed by atoms with Gasteiger partial charge in [0, 0.05) is 24.7 Å². The Morgan fingerprint density at radius 1 is 1.24 bits per heavy atom. The number of likely N-dealkylation sites (tertiary alicyclic amines) is 1. The molecule has 0 amide bonds. The molecule has 2 N–H and O–H groups in total. The van der Waals surface area contributed by atoms with Gasteiger partial charge in [-0.05, 0) is 36.2 Å². The van der Waals surface area contributed by atoms with Crippen LogP contribution in [0.25, 0.3) is 10.8 Å². The van der Waals surface area contributed by atoms with E-state index in [0.717, 1.165) is 31.8 Å². The van der Waals surface area contributed by atoms with Crippen LogP contribution in [0.1, 0.15) is 18.4 Å². The van der Waals surface area contributed by atoms with Gasteiger partial charge in [0.15, 0.2) is 0 Å². The predicted octanol–water partition coefficient (Wildman–Crippen LogP) is 3.19. The third-order valence-corrected chi connectivity index (χ3v) is 4.14. The fourth-order valence-corrected chi connectivity index (χ4v) is 3.13. The maximum atomic E-state index is 6.09. The molecule has 4 heteroatoms. The second kappa shape index (κ2) is 7.12. The van der Waals surface area contributed by atoms with Crippen molar-refractivity contribution in [2.75, 3.05) is 20.2 Å². The minimum atomic E-state index is 0. The molecule has 1 aliphatic heterocycles. The lowest BCUT2D eigenvalue weighted by molar-refractivity contribution is 0.200. The first kappa shape index (κ1) is 16.1. The van der Waals surface area contributed by atoms with Gasteiger partial charge in [-0.25, -0.2) is 0 Å². The van der Waals surface area contributed by atoms with Crippen molar-refractivity contribution in [3.63, 3.8) is 0 Å². The molecular formula is C17H23ClN2O. The van der Waals surface area contributed by atoms with E-state index in [-0.39, 0.29) is 12.4 Å². The van der Waals surface area contributed by atoms with E-state index in [4.69, 9.17) is 10.5 Å². The maximum absolute atomic E-state index is 6.09. The van der Waals surface area contributed by atoms with E-state index < -0.39 is 0 Å². The summed E-state index contributed by atoms with van der Waals surface area (Å²) in [4.78, 5) is 2.44. The molecule has 1 saturated heterocycles. The fraction of sp³-hybridized carbons (Fsp3) is 0.412. The average molecular weight is 307 g/mol.